The van der Waals surface area contributed by atoms with Crippen molar-refractivity contribution in [2.24, 2.45) is 5.92 Å². The van der Waals surface area contributed by atoms with Crippen molar-refractivity contribution in [1.82, 2.24) is 15.3 Å². The molecule has 0 fully saturated rings. The Kier molecular flexibility index (Phi) is 6.99. The summed E-state index contributed by atoms with van der Waals surface area (Å²) in [6.45, 7) is 0.917. The number of nitrogens with one attached hydrogen (secondary N) is 2. The largest absolute Gasteiger partial charge is 0.395 e. The first-order valence-corrected chi connectivity index (χ1v) is 12.0. The monoisotopic (exact) mass is 449 g/mol. The highest BCUT2D eigenvalue weighted by molar-refractivity contribution is 5.86. The molecule has 1 atom stereocenters. The summed E-state index contributed by atoms with van der Waals surface area (Å²) in [4.78, 5) is 7.26. The maximum absolute atomic E-state index is 10.0. The van der Waals surface area contributed by atoms with Crippen LogP contribution in [0, 0.1) is 5.92 Å². The Morgan fingerprint density at radius 3 is 1.88 bits per heavy atom. The molecule has 0 amide bonds. The van der Waals surface area contributed by atoms with E-state index >= 15 is 0 Å². The first-order valence-electron chi connectivity index (χ1n) is 12.0. The molecule has 1 aromatic heterocycles. The van der Waals surface area contributed by atoms with Gasteiger partial charge in [-0.25, -0.2) is 4.98 Å². The Morgan fingerprint density at radius 1 is 0.735 bits per heavy atom. The number of aromatic amines is 1. The molecule has 5 rings (SSSR count). The summed E-state index contributed by atoms with van der Waals surface area (Å²) in [7, 11) is 0. The third-order valence-electron chi connectivity index (χ3n) is 6.71. The van der Waals surface area contributed by atoms with E-state index < -0.39 is 0 Å². The van der Waals surface area contributed by atoms with Crippen LogP contribution in [0.4, 0.5) is 0 Å². The number of nitrogens with zero attached hydrogens (tertiary/aromatic N) is 1. The van der Waals surface area contributed by atoms with Crippen molar-refractivity contribution in [3.8, 4) is 0 Å². The molecule has 0 spiro atoms. The maximum Gasteiger partial charge on any atom is 0.0921 e. The number of hydrogen-bond acceptors (Lipinski definition) is 3. The van der Waals surface area contributed by atoms with Crippen LogP contribution in [0.1, 0.15) is 16.8 Å². The van der Waals surface area contributed by atoms with E-state index in [2.05, 4.69) is 100 Å². The summed E-state index contributed by atoms with van der Waals surface area (Å²) < 4.78 is 0. The number of benzene rings is 4. The van der Waals surface area contributed by atoms with Crippen LogP contribution in [0.5, 0.6) is 0 Å². The summed E-state index contributed by atoms with van der Waals surface area (Å²) in [5.41, 5.74) is 3.78. The van der Waals surface area contributed by atoms with Crippen LogP contribution in [-0.4, -0.2) is 34.3 Å². The van der Waals surface area contributed by atoms with Crippen molar-refractivity contribution >= 4 is 21.5 Å². The Morgan fingerprint density at radius 2 is 1.32 bits per heavy atom. The lowest BCUT2D eigenvalue weighted by Crippen LogP contribution is -2.38. The predicted octanol–water partition coefficient (Wildman–Crippen LogP) is 5.31. The van der Waals surface area contributed by atoms with E-state index in [9.17, 15) is 5.11 Å². The highest BCUT2D eigenvalue weighted by Gasteiger charge is 2.17. The molecule has 172 valence electrons. The summed E-state index contributed by atoms with van der Waals surface area (Å²) in [5.74, 6) is 0.382. The molecule has 0 saturated heterocycles. The summed E-state index contributed by atoms with van der Waals surface area (Å²) in [5, 5.41) is 18.9. The van der Waals surface area contributed by atoms with Gasteiger partial charge in [-0.2, -0.15) is 0 Å². The zero-order valence-electron chi connectivity index (χ0n) is 19.3. The molecule has 0 aliphatic rings. The molecule has 0 saturated carbocycles. The molecular weight excluding hydrogens is 418 g/mol. The van der Waals surface area contributed by atoms with Crippen LogP contribution in [-0.2, 0) is 19.3 Å². The highest BCUT2D eigenvalue weighted by atomic mass is 16.3. The fourth-order valence-corrected chi connectivity index (χ4v) is 4.98. The number of rotatable bonds is 10. The Hall–Kier alpha value is -3.47. The van der Waals surface area contributed by atoms with Gasteiger partial charge < -0.3 is 15.4 Å². The SMILES string of the molecule is OC[C@H](Cc1cnc[nH]1)NCC(Cc1cccc2ccccc12)Cc1cccc2ccccc12. The minimum absolute atomic E-state index is 0.0111. The van der Waals surface area contributed by atoms with Crippen molar-refractivity contribution in [2.45, 2.75) is 25.3 Å². The molecule has 0 aliphatic carbocycles. The number of aliphatic hydroxyl groups is 1. The van der Waals surface area contributed by atoms with Crippen LogP contribution in [0.25, 0.3) is 21.5 Å². The van der Waals surface area contributed by atoms with Crippen molar-refractivity contribution in [3.05, 3.63) is 114 Å². The second-order valence-electron chi connectivity index (χ2n) is 9.12. The third kappa shape index (κ3) is 5.19. The van der Waals surface area contributed by atoms with Gasteiger partial charge in [0.25, 0.3) is 0 Å². The van der Waals surface area contributed by atoms with E-state index in [-0.39, 0.29) is 12.6 Å². The Bertz CT molecular complexity index is 1250. The zero-order chi connectivity index (χ0) is 23.2. The average molecular weight is 450 g/mol. The van der Waals surface area contributed by atoms with Gasteiger partial charge in [0.05, 0.1) is 12.9 Å². The fourth-order valence-electron chi connectivity index (χ4n) is 4.98. The van der Waals surface area contributed by atoms with Gasteiger partial charge in [-0.15, -0.1) is 0 Å². The molecule has 1 heterocycles. The van der Waals surface area contributed by atoms with Crippen molar-refractivity contribution < 1.29 is 5.11 Å². The average Bonchev–Trinajstić information content (AvgIpc) is 3.40. The summed E-state index contributed by atoms with van der Waals surface area (Å²) in [6, 6.07) is 30.4. The zero-order valence-corrected chi connectivity index (χ0v) is 19.3. The lowest BCUT2D eigenvalue weighted by Gasteiger charge is -2.23. The Labute approximate surface area is 200 Å². The maximum atomic E-state index is 10.0. The van der Waals surface area contributed by atoms with Gasteiger partial charge in [-0.1, -0.05) is 84.9 Å². The molecule has 0 aliphatic heterocycles. The first kappa shape index (κ1) is 22.3. The fraction of sp³-hybridized carbons (Fsp3) is 0.233. The smallest absolute Gasteiger partial charge is 0.0921 e. The normalized spacial score (nSPS) is 12.5. The van der Waals surface area contributed by atoms with E-state index in [1.54, 1.807) is 6.33 Å². The standard InChI is InChI=1S/C30H31N3O/c34-20-28(17-27-19-31-21-33-27)32-18-22(15-25-11-5-9-23-7-1-3-13-29(23)25)16-26-12-6-10-24-8-2-4-14-30(24)26/h1-14,19,21-22,28,32,34H,15-18,20H2,(H,31,33)/t28-/m0/s1. The number of imidazole rings is 1. The molecule has 4 heteroatoms. The number of fused-ring (bicyclic) bond motifs is 2. The van der Waals surface area contributed by atoms with E-state index in [1.165, 1.54) is 32.7 Å². The van der Waals surface area contributed by atoms with E-state index in [0.29, 0.717) is 5.92 Å². The Balaban J connectivity index is 1.40. The second kappa shape index (κ2) is 10.6. The molecule has 5 aromatic rings. The summed E-state index contributed by atoms with van der Waals surface area (Å²) >= 11 is 0. The van der Waals surface area contributed by atoms with Crippen LogP contribution in [0.15, 0.2) is 97.5 Å². The van der Waals surface area contributed by atoms with Crippen molar-refractivity contribution in [1.29, 1.82) is 0 Å². The van der Waals surface area contributed by atoms with Crippen LogP contribution >= 0.6 is 0 Å². The topological polar surface area (TPSA) is 60.9 Å². The number of aliphatic hydroxyl groups excluding tert-OH is 1. The minimum Gasteiger partial charge on any atom is -0.395 e. The summed E-state index contributed by atoms with van der Waals surface area (Å²) in [6.07, 6.45) is 6.19. The molecule has 0 bridgehead atoms. The van der Waals surface area contributed by atoms with E-state index in [0.717, 1.165) is 31.5 Å². The van der Waals surface area contributed by atoms with Crippen LogP contribution in [0.3, 0.4) is 0 Å². The number of H-pyrrole nitrogens is 1. The first-order chi connectivity index (χ1) is 16.8. The van der Waals surface area contributed by atoms with Gasteiger partial charge in [-0.3, -0.25) is 0 Å². The minimum atomic E-state index is -0.0111. The molecule has 0 unspecified atom stereocenters. The molecule has 3 N–H and O–H groups in total. The van der Waals surface area contributed by atoms with Crippen molar-refractivity contribution in [3.63, 3.8) is 0 Å². The third-order valence-corrected chi connectivity index (χ3v) is 6.71. The molecule has 0 radical (unpaired) electrons. The van der Waals surface area contributed by atoms with Gasteiger partial charge >= 0.3 is 0 Å². The van der Waals surface area contributed by atoms with Gasteiger partial charge in [0.2, 0.25) is 0 Å². The lowest BCUT2D eigenvalue weighted by molar-refractivity contribution is 0.235. The van der Waals surface area contributed by atoms with Gasteiger partial charge in [0, 0.05) is 24.4 Å². The molecular formula is C30H31N3O. The predicted molar refractivity (Wildman–Crippen MR) is 140 cm³/mol. The number of hydrogen-bond donors (Lipinski definition) is 3. The van der Waals surface area contributed by atoms with E-state index in [1.807, 2.05) is 6.20 Å². The van der Waals surface area contributed by atoms with Crippen LogP contribution < -0.4 is 5.32 Å². The molecule has 34 heavy (non-hydrogen) atoms. The quantitative estimate of drug-likeness (QED) is 0.271. The second-order valence-corrected chi connectivity index (χ2v) is 9.12. The molecule has 4 nitrogen and oxygen atoms in total. The van der Waals surface area contributed by atoms with Crippen LogP contribution in [0.2, 0.25) is 0 Å². The van der Waals surface area contributed by atoms with Crippen molar-refractivity contribution in [2.75, 3.05) is 13.2 Å². The van der Waals surface area contributed by atoms with E-state index in [4.69, 9.17) is 0 Å². The lowest BCUT2D eigenvalue weighted by atomic mass is 9.88. The van der Waals surface area contributed by atoms with Gasteiger partial charge in [0.1, 0.15) is 0 Å². The van der Waals surface area contributed by atoms with Gasteiger partial charge in [0.15, 0.2) is 0 Å². The highest BCUT2D eigenvalue weighted by Crippen LogP contribution is 2.26. The number of aromatic nitrogens is 2. The van der Waals surface area contributed by atoms with Gasteiger partial charge in [-0.05, 0) is 58.0 Å². The molecule has 4 aromatic carbocycles.